The highest BCUT2D eigenvalue weighted by atomic mass is 19.1. The van der Waals surface area contributed by atoms with Gasteiger partial charge in [0.1, 0.15) is 5.82 Å². The van der Waals surface area contributed by atoms with Crippen LogP contribution >= 0.6 is 0 Å². The number of benzene rings is 1. The minimum Gasteiger partial charge on any atom is -0.379 e. The van der Waals surface area contributed by atoms with E-state index in [1.807, 2.05) is 19.1 Å². The van der Waals surface area contributed by atoms with Crippen molar-refractivity contribution in [2.75, 3.05) is 19.8 Å². The van der Waals surface area contributed by atoms with E-state index in [-0.39, 0.29) is 11.9 Å². The van der Waals surface area contributed by atoms with Gasteiger partial charge in [-0.1, -0.05) is 39.0 Å². The first-order valence-electron chi connectivity index (χ1n) is 6.70. The number of rotatable bonds is 8. The molecule has 0 aliphatic carbocycles. The number of nitrogens with one attached hydrogen (secondary N) is 1. The van der Waals surface area contributed by atoms with E-state index in [1.54, 1.807) is 6.07 Å². The van der Waals surface area contributed by atoms with Gasteiger partial charge in [0.2, 0.25) is 0 Å². The lowest BCUT2D eigenvalue weighted by Gasteiger charge is -2.19. The molecule has 1 N–H and O–H groups in total. The van der Waals surface area contributed by atoms with Gasteiger partial charge < -0.3 is 10.1 Å². The van der Waals surface area contributed by atoms with Crippen LogP contribution in [-0.4, -0.2) is 19.8 Å². The van der Waals surface area contributed by atoms with Gasteiger partial charge in [-0.25, -0.2) is 4.39 Å². The summed E-state index contributed by atoms with van der Waals surface area (Å²) in [6, 6.07) is 6.81. The number of likely N-dealkylation sites (N-methyl/N-ethyl adjacent to an activating group) is 1. The summed E-state index contributed by atoms with van der Waals surface area (Å²) in [5.74, 6) is 0.465. The van der Waals surface area contributed by atoms with Crippen molar-refractivity contribution in [3.05, 3.63) is 35.6 Å². The zero-order valence-electron chi connectivity index (χ0n) is 11.6. The first-order chi connectivity index (χ1) is 8.65. The van der Waals surface area contributed by atoms with E-state index in [0.29, 0.717) is 18.1 Å². The van der Waals surface area contributed by atoms with E-state index in [4.69, 9.17) is 4.74 Å². The van der Waals surface area contributed by atoms with Crippen LogP contribution in [0.3, 0.4) is 0 Å². The van der Waals surface area contributed by atoms with Crippen molar-refractivity contribution >= 4 is 0 Å². The Morgan fingerprint density at radius 3 is 2.61 bits per heavy atom. The molecule has 0 amide bonds. The summed E-state index contributed by atoms with van der Waals surface area (Å²) in [6.07, 6.45) is 1.04. The molecule has 0 saturated carbocycles. The van der Waals surface area contributed by atoms with E-state index in [1.165, 1.54) is 6.07 Å². The van der Waals surface area contributed by atoms with Crippen LogP contribution in [0.4, 0.5) is 4.39 Å². The molecule has 1 aromatic rings. The van der Waals surface area contributed by atoms with Crippen LogP contribution in [0.1, 0.15) is 38.8 Å². The van der Waals surface area contributed by atoms with E-state index in [2.05, 4.69) is 19.2 Å². The molecule has 0 bridgehead atoms. The summed E-state index contributed by atoms with van der Waals surface area (Å²) in [6.45, 7) is 8.40. The number of hydrogen-bond donors (Lipinski definition) is 1. The minimum absolute atomic E-state index is 0.0663. The Morgan fingerprint density at radius 1 is 1.28 bits per heavy atom. The van der Waals surface area contributed by atoms with Gasteiger partial charge in [0.15, 0.2) is 0 Å². The maximum atomic E-state index is 13.7. The SMILES string of the molecule is CCNC(COCCC(C)C)c1ccccc1F. The zero-order valence-corrected chi connectivity index (χ0v) is 11.6. The van der Waals surface area contributed by atoms with E-state index in [0.717, 1.165) is 19.6 Å². The standard InChI is InChI=1S/C15H24FNO/c1-4-17-15(11-18-10-9-12(2)3)13-7-5-6-8-14(13)16/h5-8,12,15,17H,4,9-11H2,1-3H3. The second kappa shape index (κ2) is 8.22. The number of ether oxygens (including phenoxy) is 1. The average Bonchev–Trinajstić information content (AvgIpc) is 2.34. The Hall–Kier alpha value is -0.930. The molecule has 0 radical (unpaired) electrons. The average molecular weight is 253 g/mol. The first kappa shape index (κ1) is 15.1. The van der Waals surface area contributed by atoms with Crippen LogP contribution in [0.5, 0.6) is 0 Å². The molecule has 0 fully saturated rings. The molecule has 102 valence electrons. The van der Waals surface area contributed by atoms with Gasteiger partial charge in [0.25, 0.3) is 0 Å². The van der Waals surface area contributed by atoms with Crippen LogP contribution < -0.4 is 5.32 Å². The molecular weight excluding hydrogens is 229 g/mol. The van der Waals surface area contributed by atoms with Crippen molar-refractivity contribution in [2.24, 2.45) is 5.92 Å². The van der Waals surface area contributed by atoms with Crippen LogP contribution in [0.15, 0.2) is 24.3 Å². The Kier molecular flexibility index (Phi) is 6.91. The summed E-state index contributed by atoms with van der Waals surface area (Å²) in [5, 5.41) is 3.26. The Morgan fingerprint density at radius 2 is 2.00 bits per heavy atom. The molecule has 0 heterocycles. The largest absolute Gasteiger partial charge is 0.379 e. The van der Waals surface area contributed by atoms with Crippen molar-refractivity contribution < 1.29 is 9.13 Å². The van der Waals surface area contributed by atoms with Crippen molar-refractivity contribution in [1.82, 2.24) is 5.32 Å². The second-order valence-corrected chi connectivity index (χ2v) is 4.89. The lowest BCUT2D eigenvalue weighted by atomic mass is 10.1. The molecule has 2 nitrogen and oxygen atoms in total. The van der Waals surface area contributed by atoms with Crippen LogP contribution in [0, 0.1) is 11.7 Å². The van der Waals surface area contributed by atoms with E-state index < -0.39 is 0 Å². The topological polar surface area (TPSA) is 21.3 Å². The first-order valence-corrected chi connectivity index (χ1v) is 6.70. The number of hydrogen-bond acceptors (Lipinski definition) is 2. The Bertz CT molecular complexity index is 341. The molecule has 0 saturated heterocycles. The second-order valence-electron chi connectivity index (χ2n) is 4.89. The van der Waals surface area contributed by atoms with Crippen LogP contribution in [-0.2, 0) is 4.74 Å². The zero-order chi connectivity index (χ0) is 13.4. The smallest absolute Gasteiger partial charge is 0.128 e. The summed E-state index contributed by atoms with van der Waals surface area (Å²) in [7, 11) is 0. The number of halogens is 1. The van der Waals surface area contributed by atoms with Crippen molar-refractivity contribution in [1.29, 1.82) is 0 Å². The third-order valence-corrected chi connectivity index (χ3v) is 2.86. The van der Waals surface area contributed by atoms with E-state index in [9.17, 15) is 4.39 Å². The highest BCUT2D eigenvalue weighted by Crippen LogP contribution is 2.17. The monoisotopic (exact) mass is 253 g/mol. The van der Waals surface area contributed by atoms with Crippen LogP contribution in [0.25, 0.3) is 0 Å². The summed E-state index contributed by atoms with van der Waals surface area (Å²) < 4.78 is 19.3. The van der Waals surface area contributed by atoms with Crippen molar-refractivity contribution in [3.63, 3.8) is 0 Å². The van der Waals surface area contributed by atoms with Gasteiger partial charge in [-0.05, 0) is 24.9 Å². The molecule has 1 rings (SSSR count). The molecular formula is C15H24FNO. The summed E-state index contributed by atoms with van der Waals surface area (Å²) >= 11 is 0. The fraction of sp³-hybridized carbons (Fsp3) is 0.600. The molecule has 18 heavy (non-hydrogen) atoms. The van der Waals surface area contributed by atoms with Gasteiger partial charge in [0, 0.05) is 12.2 Å². The lowest BCUT2D eigenvalue weighted by molar-refractivity contribution is 0.102. The van der Waals surface area contributed by atoms with Crippen molar-refractivity contribution in [3.8, 4) is 0 Å². The molecule has 1 aromatic carbocycles. The van der Waals surface area contributed by atoms with Gasteiger partial charge in [-0.3, -0.25) is 0 Å². The maximum Gasteiger partial charge on any atom is 0.128 e. The molecule has 0 aliphatic heterocycles. The Balaban J connectivity index is 2.52. The quantitative estimate of drug-likeness (QED) is 0.715. The Labute approximate surface area is 110 Å². The van der Waals surface area contributed by atoms with Crippen LogP contribution in [0.2, 0.25) is 0 Å². The molecule has 1 unspecified atom stereocenters. The highest BCUT2D eigenvalue weighted by molar-refractivity contribution is 5.21. The normalized spacial score (nSPS) is 12.9. The predicted molar refractivity (Wildman–Crippen MR) is 73.1 cm³/mol. The fourth-order valence-electron chi connectivity index (χ4n) is 1.78. The van der Waals surface area contributed by atoms with E-state index >= 15 is 0 Å². The summed E-state index contributed by atoms with van der Waals surface area (Å²) in [5.41, 5.74) is 0.684. The van der Waals surface area contributed by atoms with Gasteiger partial charge in [-0.15, -0.1) is 0 Å². The predicted octanol–water partition coefficient (Wildman–Crippen LogP) is 3.54. The highest BCUT2D eigenvalue weighted by Gasteiger charge is 2.14. The fourth-order valence-corrected chi connectivity index (χ4v) is 1.78. The molecule has 0 aromatic heterocycles. The molecule has 0 spiro atoms. The van der Waals surface area contributed by atoms with Gasteiger partial charge >= 0.3 is 0 Å². The molecule has 1 atom stereocenters. The lowest BCUT2D eigenvalue weighted by Crippen LogP contribution is -2.26. The molecule has 3 heteroatoms. The third-order valence-electron chi connectivity index (χ3n) is 2.86. The van der Waals surface area contributed by atoms with Crippen molar-refractivity contribution in [2.45, 2.75) is 33.2 Å². The van der Waals surface area contributed by atoms with Gasteiger partial charge in [-0.2, -0.15) is 0 Å². The maximum absolute atomic E-state index is 13.7. The van der Waals surface area contributed by atoms with Gasteiger partial charge in [0.05, 0.1) is 12.6 Å². The summed E-state index contributed by atoms with van der Waals surface area (Å²) in [4.78, 5) is 0. The minimum atomic E-state index is -0.170. The third kappa shape index (κ3) is 5.15. The molecule has 0 aliphatic rings.